The number of ether oxygens (including phenoxy) is 2. The number of phenolic OH excluding ortho intramolecular Hbond substituents is 1. The average molecular weight is 312 g/mol. The van der Waals surface area contributed by atoms with Crippen molar-refractivity contribution in [3.63, 3.8) is 0 Å². The number of phenols is 1. The first-order chi connectivity index (χ1) is 10.3. The number of methoxy groups -OCH3 is 1. The summed E-state index contributed by atoms with van der Waals surface area (Å²) in [6.07, 6.45) is -4.84. The number of esters is 1. The maximum absolute atomic E-state index is 12.4. The third-order valence-electron chi connectivity index (χ3n) is 2.83. The van der Waals surface area contributed by atoms with Gasteiger partial charge in [0.1, 0.15) is 17.1 Å². The molecule has 22 heavy (non-hydrogen) atoms. The molecule has 0 bridgehead atoms. The van der Waals surface area contributed by atoms with Crippen molar-refractivity contribution in [2.75, 3.05) is 7.11 Å². The molecule has 2 aromatic carbocycles. The third kappa shape index (κ3) is 3.49. The summed E-state index contributed by atoms with van der Waals surface area (Å²) in [5.74, 6) is -1.53. The van der Waals surface area contributed by atoms with Gasteiger partial charge >= 0.3 is 12.3 Å². The van der Waals surface area contributed by atoms with Crippen LogP contribution in [0.2, 0.25) is 0 Å². The normalized spacial score (nSPS) is 11.1. The van der Waals surface area contributed by atoms with Crippen LogP contribution in [-0.4, -0.2) is 24.5 Å². The van der Waals surface area contributed by atoms with Gasteiger partial charge in [0.15, 0.2) is 0 Å². The zero-order chi connectivity index (χ0) is 16.3. The highest BCUT2D eigenvalue weighted by Gasteiger charge is 2.32. The fourth-order valence-corrected chi connectivity index (χ4v) is 1.90. The van der Waals surface area contributed by atoms with Crippen molar-refractivity contribution >= 4 is 5.97 Å². The summed E-state index contributed by atoms with van der Waals surface area (Å²) in [7, 11) is 1.13. The van der Waals surface area contributed by atoms with Crippen LogP contribution >= 0.6 is 0 Å². The number of halogens is 3. The molecule has 0 aliphatic rings. The fraction of sp³-hybridized carbons (Fsp3) is 0.133. The number of hydrogen-bond acceptors (Lipinski definition) is 4. The predicted octanol–water partition coefficient (Wildman–Crippen LogP) is 3.74. The third-order valence-corrected chi connectivity index (χ3v) is 2.83. The van der Waals surface area contributed by atoms with E-state index in [-0.39, 0.29) is 22.4 Å². The Morgan fingerprint density at radius 2 is 1.82 bits per heavy atom. The number of carbonyl (C=O) groups is 1. The number of alkyl halides is 3. The van der Waals surface area contributed by atoms with Crippen LogP contribution in [-0.2, 0) is 4.74 Å². The molecule has 116 valence electrons. The fourth-order valence-electron chi connectivity index (χ4n) is 1.90. The lowest BCUT2D eigenvalue weighted by molar-refractivity contribution is -0.274. The first-order valence-corrected chi connectivity index (χ1v) is 6.08. The molecule has 2 aromatic rings. The van der Waals surface area contributed by atoms with Crippen molar-refractivity contribution in [1.82, 2.24) is 0 Å². The Balaban J connectivity index is 2.51. The Bertz CT molecular complexity index is 695. The summed E-state index contributed by atoms with van der Waals surface area (Å²) in [6, 6.07) is 9.31. The van der Waals surface area contributed by atoms with Gasteiger partial charge in [-0.1, -0.05) is 24.3 Å². The lowest BCUT2D eigenvalue weighted by Gasteiger charge is -2.14. The largest absolute Gasteiger partial charge is 0.573 e. The Labute approximate surface area is 123 Å². The number of para-hydroxylation sites is 1. The van der Waals surface area contributed by atoms with Crippen molar-refractivity contribution < 1.29 is 32.5 Å². The SMILES string of the molecule is COC(=O)c1cc(-c2ccccc2OC(F)(F)F)ccc1O. The molecule has 0 heterocycles. The molecule has 0 spiro atoms. The first kappa shape index (κ1) is 15.7. The van der Waals surface area contributed by atoms with E-state index in [1.807, 2.05) is 0 Å². The maximum Gasteiger partial charge on any atom is 0.573 e. The van der Waals surface area contributed by atoms with Crippen LogP contribution in [0.15, 0.2) is 42.5 Å². The van der Waals surface area contributed by atoms with Gasteiger partial charge in [-0.25, -0.2) is 4.79 Å². The minimum atomic E-state index is -4.84. The highest BCUT2D eigenvalue weighted by Crippen LogP contribution is 2.35. The van der Waals surface area contributed by atoms with Crippen LogP contribution in [0.3, 0.4) is 0 Å². The summed E-state index contributed by atoms with van der Waals surface area (Å²) in [5, 5.41) is 9.63. The second-order valence-corrected chi connectivity index (χ2v) is 4.27. The number of benzene rings is 2. The summed E-state index contributed by atoms with van der Waals surface area (Å²) in [6.45, 7) is 0. The van der Waals surface area contributed by atoms with Crippen molar-refractivity contribution in [2.24, 2.45) is 0 Å². The van der Waals surface area contributed by atoms with Crippen molar-refractivity contribution in [1.29, 1.82) is 0 Å². The molecular weight excluding hydrogens is 301 g/mol. The smallest absolute Gasteiger partial charge is 0.507 e. The number of carbonyl (C=O) groups excluding carboxylic acids is 1. The monoisotopic (exact) mass is 312 g/mol. The topological polar surface area (TPSA) is 55.8 Å². The molecule has 0 saturated carbocycles. The zero-order valence-electron chi connectivity index (χ0n) is 11.3. The minimum absolute atomic E-state index is 0.130. The first-order valence-electron chi connectivity index (χ1n) is 6.08. The number of aromatic hydroxyl groups is 1. The standard InChI is InChI=1S/C15H11F3O4/c1-21-14(20)11-8-9(6-7-12(11)19)10-4-2-3-5-13(10)22-15(16,17)18/h2-8,19H,1H3. The Hall–Kier alpha value is -2.70. The zero-order valence-corrected chi connectivity index (χ0v) is 11.3. The second-order valence-electron chi connectivity index (χ2n) is 4.27. The van der Waals surface area contributed by atoms with E-state index in [4.69, 9.17) is 0 Å². The van der Waals surface area contributed by atoms with Gasteiger partial charge in [-0.3, -0.25) is 0 Å². The lowest BCUT2D eigenvalue weighted by atomic mass is 10.0. The predicted molar refractivity (Wildman–Crippen MR) is 71.6 cm³/mol. The van der Waals surface area contributed by atoms with E-state index in [2.05, 4.69) is 9.47 Å². The summed E-state index contributed by atoms with van der Waals surface area (Å²) in [4.78, 5) is 11.5. The van der Waals surface area contributed by atoms with E-state index in [0.29, 0.717) is 0 Å². The highest BCUT2D eigenvalue weighted by atomic mass is 19.4. The molecule has 0 fully saturated rings. The molecule has 1 N–H and O–H groups in total. The average Bonchev–Trinajstić information content (AvgIpc) is 2.46. The van der Waals surface area contributed by atoms with Crippen LogP contribution in [0.25, 0.3) is 11.1 Å². The van der Waals surface area contributed by atoms with Gasteiger partial charge in [-0.05, 0) is 23.8 Å². The van der Waals surface area contributed by atoms with E-state index < -0.39 is 18.1 Å². The van der Waals surface area contributed by atoms with Crippen molar-refractivity contribution in [3.05, 3.63) is 48.0 Å². The number of hydrogen-bond donors (Lipinski definition) is 1. The molecule has 0 saturated heterocycles. The second kappa shape index (κ2) is 5.97. The molecule has 2 rings (SSSR count). The van der Waals surface area contributed by atoms with Crippen LogP contribution in [0.5, 0.6) is 11.5 Å². The van der Waals surface area contributed by atoms with Crippen LogP contribution < -0.4 is 4.74 Å². The molecular formula is C15H11F3O4. The van der Waals surface area contributed by atoms with Crippen LogP contribution in [0, 0.1) is 0 Å². The molecule has 0 aromatic heterocycles. The molecule has 7 heteroatoms. The van der Waals surface area contributed by atoms with Crippen LogP contribution in [0.4, 0.5) is 13.2 Å². The molecule has 0 aliphatic heterocycles. The van der Waals surface area contributed by atoms with E-state index >= 15 is 0 Å². The van der Waals surface area contributed by atoms with Gasteiger partial charge in [-0.2, -0.15) is 0 Å². The van der Waals surface area contributed by atoms with Gasteiger partial charge in [-0.15, -0.1) is 13.2 Å². The summed E-state index contributed by atoms with van der Waals surface area (Å²) >= 11 is 0. The minimum Gasteiger partial charge on any atom is -0.507 e. The Morgan fingerprint density at radius 1 is 1.14 bits per heavy atom. The van der Waals surface area contributed by atoms with Crippen molar-refractivity contribution in [3.8, 4) is 22.6 Å². The van der Waals surface area contributed by atoms with Gasteiger partial charge in [0.05, 0.1) is 7.11 Å². The van der Waals surface area contributed by atoms with E-state index in [1.165, 1.54) is 36.4 Å². The Morgan fingerprint density at radius 3 is 2.45 bits per heavy atom. The van der Waals surface area contributed by atoms with Gasteiger partial charge in [0.25, 0.3) is 0 Å². The summed E-state index contributed by atoms with van der Waals surface area (Å²) < 4.78 is 45.8. The molecule has 0 unspecified atom stereocenters. The molecule has 0 aliphatic carbocycles. The van der Waals surface area contributed by atoms with Crippen LogP contribution in [0.1, 0.15) is 10.4 Å². The summed E-state index contributed by atoms with van der Waals surface area (Å²) in [5.41, 5.74) is 0.254. The molecule has 4 nitrogen and oxygen atoms in total. The van der Waals surface area contributed by atoms with Gasteiger partial charge in [0, 0.05) is 5.56 Å². The van der Waals surface area contributed by atoms with Gasteiger partial charge < -0.3 is 14.6 Å². The molecule has 0 amide bonds. The van der Waals surface area contributed by atoms with E-state index in [1.54, 1.807) is 0 Å². The lowest BCUT2D eigenvalue weighted by Crippen LogP contribution is -2.17. The molecule has 0 radical (unpaired) electrons. The Kier molecular flexibility index (Phi) is 4.25. The van der Waals surface area contributed by atoms with E-state index in [9.17, 15) is 23.1 Å². The number of rotatable bonds is 3. The van der Waals surface area contributed by atoms with E-state index in [0.717, 1.165) is 13.2 Å². The van der Waals surface area contributed by atoms with Gasteiger partial charge in [0.2, 0.25) is 0 Å². The van der Waals surface area contributed by atoms with Crippen molar-refractivity contribution in [2.45, 2.75) is 6.36 Å². The molecule has 0 atom stereocenters. The highest BCUT2D eigenvalue weighted by molar-refractivity contribution is 5.94. The quantitative estimate of drug-likeness (QED) is 0.877. The maximum atomic E-state index is 12.4.